The maximum absolute atomic E-state index is 10.6. The fourth-order valence-electron chi connectivity index (χ4n) is 1.63. The summed E-state index contributed by atoms with van der Waals surface area (Å²) in [6.45, 7) is 0.318. The molecule has 0 aliphatic carbocycles. The van der Waals surface area contributed by atoms with Crippen LogP contribution < -0.4 is 4.74 Å². The number of ether oxygens (including phenoxy) is 1. The average Bonchev–Trinajstić information content (AvgIpc) is 2.45. The van der Waals surface area contributed by atoms with E-state index in [4.69, 9.17) is 21.4 Å². The van der Waals surface area contributed by atoms with Crippen LogP contribution in [0.25, 0.3) is 0 Å². The van der Waals surface area contributed by atoms with Crippen molar-refractivity contribution >= 4 is 17.3 Å². The summed E-state index contributed by atoms with van der Waals surface area (Å²) >= 11 is 5.80. The van der Waals surface area contributed by atoms with Gasteiger partial charge in [-0.1, -0.05) is 35.9 Å². The van der Waals surface area contributed by atoms with Gasteiger partial charge in [0.1, 0.15) is 17.4 Å². The maximum atomic E-state index is 10.6. The van der Waals surface area contributed by atoms with Crippen molar-refractivity contribution in [3.05, 3.63) is 68.7 Å². The van der Waals surface area contributed by atoms with Crippen LogP contribution in [-0.4, -0.2) is 10.0 Å². The monoisotopic (exact) mass is 293 g/mol. The highest BCUT2D eigenvalue weighted by molar-refractivity contribution is 6.32. The van der Waals surface area contributed by atoms with Crippen LogP contribution >= 0.6 is 11.6 Å². The molecule has 1 N–H and O–H groups in total. The van der Waals surface area contributed by atoms with Crippen molar-refractivity contribution < 1.29 is 14.8 Å². The van der Waals surface area contributed by atoms with E-state index in [0.29, 0.717) is 12.4 Å². The summed E-state index contributed by atoms with van der Waals surface area (Å²) in [5.41, 5.74) is 1.61. The van der Waals surface area contributed by atoms with Crippen LogP contribution in [0.4, 0.5) is 5.69 Å². The van der Waals surface area contributed by atoms with E-state index < -0.39 is 4.92 Å². The molecular weight excluding hydrogens is 282 g/mol. The first-order valence-electron chi connectivity index (χ1n) is 5.85. The van der Waals surface area contributed by atoms with Gasteiger partial charge < -0.3 is 9.84 Å². The lowest BCUT2D eigenvalue weighted by Crippen LogP contribution is -1.96. The third-order valence-corrected chi connectivity index (χ3v) is 3.03. The van der Waals surface area contributed by atoms with E-state index in [1.54, 1.807) is 0 Å². The molecule has 0 fully saturated rings. The van der Waals surface area contributed by atoms with Gasteiger partial charge in [0.2, 0.25) is 0 Å². The van der Waals surface area contributed by atoms with Gasteiger partial charge in [-0.25, -0.2) is 0 Å². The molecule has 0 bridgehead atoms. The minimum Gasteiger partial charge on any atom is -0.489 e. The minimum atomic E-state index is -0.542. The lowest BCUT2D eigenvalue weighted by molar-refractivity contribution is -0.384. The lowest BCUT2D eigenvalue weighted by Gasteiger charge is -2.07. The maximum Gasteiger partial charge on any atom is 0.288 e. The van der Waals surface area contributed by atoms with Crippen molar-refractivity contribution in [1.29, 1.82) is 0 Å². The molecule has 5 nitrogen and oxygen atoms in total. The normalized spacial score (nSPS) is 10.3. The number of rotatable bonds is 5. The van der Waals surface area contributed by atoms with Gasteiger partial charge in [0.05, 0.1) is 11.5 Å². The summed E-state index contributed by atoms with van der Waals surface area (Å²) in [6, 6.07) is 11.5. The van der Waals surface area contributed by atoms with Crippen molar-refractivity contribution in [2.45, 2.75) is 13.2 Å². The average molecular weight is 294 g/mol. The zero-order chi connectivity index (χ0) is 14.5. The second-order valence-electron chi connectivity index (χ2n) is 4.13. The zero-order valence-electron chi connectivity index (χ0n) is 10.5. The SMILES string of the molecule is O=[N+]([O-])c1ccc(OCc2ccc(CO)cc2)cc1Cl. The van der Waals surface area contributed by atoms with Gasteiger partial charge in [-0.3, -0.25) is 10.1 Å². The Labute approximate surface area is 120 Å². The van der Waals surface area contributed by atoms with Crippen LogP contribution in [-0.2, 0) is 13.2 Å². The smallest absolute Gasteiger partial charge is 0.288 e. The number of hydrogen-bond donors (Lipinski definition) is 1. The Balaban J connectivity index is 2.03. The first-order chi connectivity index (χ1) is 9.60. The second kappa shape index (κ2) is 6.36. The predicted molar refractivity (Wildman–Crippen MR) is 74.8 cm³/mol. The Hall–Kier alpha value is -2.11. The molecule has 0 aliphatic heterocycles. The van der Waals surface area contributed by atoms with E-state index >= 15 is 0 Å². The van der Waals surface area contributed by atoms with Crippen molar-refractivity contribution in [2.75, 3.05) is 0 Å². The highest BCUT2D eigenvalue weighted by atomic mass is 35.5. The lowest BCUT2D eigenvalue weighted by atomic mass is 10.1. The molecule has 0 aromatic heterocycles. The number of hydrogen-bond acceptors (Lipinski definition) is 4. The Morgan fingerprint density at radius 3 is 2.35 bits per heavy atom. The molecule has 0 unspecified atom stereocenters. The molecule has 20 heavy (non-hydrogen) atoms. The van der Waals surface area contributed by atoms with Crippen LogP contribution in [0.2, 0.25) is 5.02 Å². The largest absolute Gasteiger partial charge is 0.489 e. The zero-order valence-corrected chi connectivity index (χ0v) is 11.2. The molecule has 0 heterocycles. The predicted octanol–water partition coefficient (Wildman–Crippen LogP) is 3.32. The standard InChI is InChI=1S/C14H12ClNO4/c15-13-7-12(5-6-14(13)16(18)19)20-9-11-3-1-10(8-17)2-4-11/h1-7,17H,8-9H2. The van der Waals surface area contributed by atoms with Gasteiger partial charge in [0.25, 0.3) is 5.69 Å². The van der Waals surface area contributed by atoms with E-state index in [9.17, 15) is 10.1 Å². The third kappa shape index (κ3) is 3.46. The molecule has 0 saturated carbocycles. The fourth-order valence-corrected chi connectivity index (χ4v) is 1.87. The Morgan fingerprint density at radius 1 is 1.15 bits per heavy atom. The molecule has 0 radical (unpaired) electrons. The molecular formula is C14H12ClNO4. The summed E-state index contributed by atoms with van der Waals surface area (Å²) in [5, 5.41) is 19.6. The van der Waals surface area contributed by atoms with Gasteiger partial charge in [0.15, 0.2) is 0 Å². The number of benzene rings is 2. The molecule has 0 saturated heterocycles. The summed E-state index contributed by atoms with van der Waals surface area (Å²) < 4.78 is 5.51. The Morgan fingerprint density at radius 2 is 1.80 bits per heavy atom. The van der Waals surface area contributed by atoms with Crippen LogP contribution in [0, 0.1) is 10.1 Å². The van der Waals surface area contributed by atoms with Crippen molar-refractivity contribution in [2.24, 2.45) is 0 Å². The summed E-state index contributed by atoms with van der Waals surface area (Å²) in [7, 11) is 0. The summed E-state index contributed by atoms with van der Waals surface area (Å²) in [4.78, 5) is 10.1. The van der Waals surface area contributed by atoms with E-state index in [1.807, 2.05) is 24.3 Å². The van der Waals surface area contributed by atoms with Gasteiger partial charge >= 0.3 is 0 Å². The summed E-state index contributed by atoms with van der Waals surface area (Å²) in [5.74, 6) is 0.465. The van der Waals surface area contributed by atoms with Crippen LogP contribution in [0.5, 0.6) is 5.75 Å². The molecule has 2 aromatic carbocycles. The number of nitro benzene ring substituents is 1. The van der Waals surface area contributed by atoms with Gasteiger partial charge in [-0.05, 0) is 17.2 Å². The van der Waals surface area contributed by atoms with E-state index in [1.165, 1.54) is 18.2 Å². The first-order valence-corrected chi connectivity index (χ1v) is 6.23. The van der Waals surface area contributed by atoms with E-state index in [2.05, 4.69) is 0 Å². The Bertz CT molecular complexity index is 613. The van der Waals surface area contributed by atoms with Gasteiger partial charge in [-0.2, -0.15) is 0 Å². The van der Waals surface area contributed by atoms with Crippen LogP contribution in [0.3, 0.4) is 0 Å². The highest BCUT2D eigenvalue weighted by Gasteiger charge is 2.12. The van der Waals surface area contributed by atoms with Crippen LogP contribution in [0.1, 0.15) is 11.1 Å². The quantitative estimate of drug-likeness (QED) is 0.678. The topological polar surface area (TPSA) is 72.6 Å². The number of aliphatic hydroxyl groups is 1. The van der Waals surface area contributed by atoms with Gasteiger partial charge in [0, 0.05) is 12.1 Å². The first kappa shape index (κ1) is 14.3. The third-order valence-electron chi connectivity index (χ3n) is 2.73. The molecule has 2 aromatic rings. The fraction of sp³-hybridized carbons (Fsp3) is 0.143. The van der Waals surface area contributed by atoms with E-state index in [-0.39, 0.29) is 17.3 Å². The molecule has 6 heteroatoms. The van der Waals surface area contributed by atoms with Crippen molar-refractivity contribution in [3.63, 3.8) is 0 Å². The molecule has 0 atom stereocenters. The second-order valence-corrected chi connectivity index (χ2v) is 4.54. The number of nitrogens with zero attached hydrogens (tertiary/aromatic N) is 1. The van der Waals surface area contributed by atoms with Crippen molar-refractivity contribution in [1.82, 2.24) is 0 Å². The van der Waals surface area contributed by atoms with E-state index in [0.717, 1.165) is 11.1 Å². The molecule has 104 valence electrons. The molecule has 0 spiro atoms. The number of nitro groups is 1. The Kier molecular flexibility index (Phi) is 4.55. The molecule has 0 amide bonds. The molecule has 2 rings (SSSR count). The van der Waals surface area contributed by atoms with Crippen molar-refractivity contribution in [3.8, 4) is 5.75 Å². The highest BCUT2D eigenvalue weighted by Crippen LogP contribution is 2.28. The van der Waals surface area contributed by atoms with Gasteiger partial charge in [-0.15, -0.1) is 0 Å². The van der Waals surface area contributed by atoms with Crippen LogP contribution in [0.15, 0.2) is 42.5 Å². The number of halogens is 1. The number of aliphatic hydroxyl groups excluding tert-OH is 1. The summed E-state index contributed by atoms with van der Waals surface area (Å²) in [6.07, 6.45) is 0. The minimum absolute atomic E-state index is 0.000895. The molecule has 0 aliphatic rings.